The van der Waals surface area contributed by atoms with Gasteiger partial charge in [-0.2, -0.15) is 0 Å². The summed E-state index contributed by atoms with van der Waals surface area (Å²) in [6.07, 6.45) is 0. The van der Waals surface area contributed by atoms with E-state index in [-0.39, 0.29) is 5.91 Å². The number of carbonyl (C=O) groups is 1. The monoisotopic (exact) mass is 332 g/mol. The summed E-state index contributed by atoms with van der Waals surface area (Å²) in [5, 5.41) is 14.6. The minimum atomic E-state index is -0.722. The average Bonchev–Trinajstić information content (AvgIpc) is 2.86. The molecule has 0 saturated carbocycles. The van der Waals surface area contributed by atoms with Gasteiger partial charge in [-0.05, 0) is 33.8 Å². The van der Waals surface area contributed by atoms with Crippen molar-refractivity contribution in [1.29, 1.82) is 0 Å². The van der Waals surface area contributed by atoms with E-state index in [1.807, 2.05) is 18.7 Å². The smallest absolute Gasteiger partial charge is 0.258 e. The van der Waals surface area contributed by atoms with Crippen molar-refractivity contribution in [2.75, 3.05) is 32.7 Å². The van der Waals surface area contributed by atoms with E-state index in [1.54, 1.807) is 19.9 Å². The van der Waals surface area contributed by atoms with Crippen LogP contribution in [0.3, 0.4) is 0 Å². The highest BCUT2D eigenvalue weighted by atomic mass is 16.5. The molecule has 7 nitrogen and oxygen atoms in total. The molecule has 1 aliphatic heterocycles. The standard InChI is InChI=1S/C17H24N4O3/c1-11-9-13(14-12(2)19-24-15(14)18-11)16(22)21-7-5-20(6-8-21)10-17(3,4)23/h9,23H,5-8,10H2,1-4H3. The molecule has 0 spiro atoms. The number of nitrogens with zero attached hydrogens (tertiary/aromatic N) is 4. The predicted octanol–water partition coefficient (Wildman–Crippen LogP) is 1.37. The van der Waals surface area contributed by atoms with Crippen molar-refractivity contribution in [3.8, 4) is 0 Å². The maximum Gasteiger partial charge on any atom is 0.258 e. The number of β-amino-alcohol motifs (C(OH)–C–C–N with tert-alkyl or cyclic N) is 1. The van der Waals surface area contributed by atoms with Gasteiger partial charge in [0.2, 0.25) is 0 Å². The molecule has 0 aromatic carbocycles. The van der Waals surface area contributed by atoms with E-state index in [4.69, 9.17) is 4.52 Å². The predicted molar refractivity (Wildman–Crippen MR) is 89.9 cm³/mol. The van der Waals surface area contributed by atoms with E-state index in [0.29, 0.717) is 42.0 Å². The van der Waals surface area contributed by atoms with Gasteiger partial charge in [0.15, 0.2) is 0 Å². The van der Waals surface area contributed by atoms with E-state index >= 15 is 0 Å². The summed E-state index contributed by atoms with van der Waals surface area (Å²) in [7, 11) is 0. The summed E-state index contributed by atoms with van der Waals surface area (Å²) in [6.45, 7) is 10.7. The number of fused-ring (bicyclic) bond motifs is 1. The third-order valence-corrected chi connectivity index (χ3v) is 4.25. The van der Waals surface area contributed by atoms with Gasteiger partial charge in [-0.3, -0.25) is 9.69 Å². The third-order valence-electron chi connectivity index (χ3n) is 4.25. The van der Waals surface area contributed by atoms with Crippen LogP contribution in [0.15, 0.2) is 10.6 Å². The molecule has 0 unspecified atom stereocenters. The van der Waals surface area contributed by atoms with Gasteiger partial charge in [0.1, 0.15) is 0 Å². The lowest BCUT2D eigenvalue weighted by Gasteiger charge is -2.37. The van der Waals surface area contributed by atoms with Gasteiger partial charge in [0.25, 0.3) is 11.6 Å². The first-order valence-electron chi connectivity index (χ1n) is 8.22. The van der Waals surface area contributed by atoms with Crippen LogP contribution in [0.25, 0.3) is 11.1 Å². The average molecular weight is 332 g/mol. The summed E-state index contributed by atoms with van der Waals surface area (Å²) in [5.74, 6) is -0.0142. The Morgan fingerprint density at radius 1 is 1.29 bits per heavy atom. The minimum Gasteiger partial charge on any atom is -0.389 e. The Kier molecular flexibility index (Phi) is 4.31. The fourth-order valence-electron chi connectivity index (χ4n) is 3.21. The molecule has 0 bridgehead atoms. The summed E-state index contributed by atoms with van der Waals surface area (Å²) in [4.78, 5) is 21.3. The number of pyridine rings is 1. The highest BCUT2D eigenvalue weighted by Gasteiger charge is 2.27. The molecule has 1 N–H and O–H groups in total. The molecule has 24 heavy (non-hydrogen) atoms. The number of aromatic nitrogens is 2. The van der Waals surface area contributed by atoms with E-state index in [2.05, 4.69) is 15.0 Å². The fraction of sp³-hybridized carbons (Fsp3) is 0.588. The number of aliphatic hydroxyl groups is 1. The van der Waals surface area contributed by atoms with Gasteiger partial charge >= 0.3 is 0 Å². The largest absolute Gasteiger partial charge is 0.389 e. The van der Waals surface area contributed by atoms with Crippen LogP contribution in [0.4, 0.5) is 0 Å². The first-order valence-corrected chi connectivity index (χ1v) is 8.22. The Bertz CT molecular complexity index is 755. The molecule has 1 aliphatic rings. The normalized spacial score (nSPS) is 16.8. The van der Waals surface area contributed by atoms with E-state index in [0.717, 1.165) is 18.8 Å². The Labute approximate surface area is 141 Å². The minimum absolute atomic E-state index is 0.0142. The van der Waals surface area contributed by atoms with Crippen molar-refractivity contribution in [2.45, 2.75) is 33.3 Å². The lowest BCUT2D eigenvalue weighted by atomic mass is 10.1. The zero-order valence-corrected chi connectivity index (χ0v) is 14.7. The van der Waals surface area contributed by atoms with Gasteiger partial charge in [-0.1, -0.05) is 5.16 Å². The Balaban J connectivity index is 1.78. The van der Waals surface area contributed by atoms with Gasteiger partial charge in [0.05, 0.1) is 22.2 Å². The fourth-order valence-corrected chi connectivity index (χ4v) is 3.21. The molecule has 3 rings (SSSR count). The van der Waals surface area contributed by atoms with Crippen molar-refractivity contribution >= 4 is 17.0 Å². The van der Waals surface area contributed by atoms with Gasteiger partial charge in [-0.25, -0.2) is 4.98 Å². The van der Waals surface area contributed by atoms with E-state index in [1.165, 1.54) is 0 Å². The second-order valence-electron chi connectivity index (χ2n) is 7.14. The molecule has 2 aromatic rings. The van der Waals surface area contributed by atoms with Gasteiger partial charge in [-0.15, -0.1) is 0 Å². The Morgan fingerprint density at radius 3 is 2.58 bits per heavy atom. The number of hydrogen-bond donors (Lipinski definition) is 1. The second-order valence-corrected chi connectivity index (χ2v) is 7.14. The number of amides is 1. The highest BCUT2D eigenvalue weighted by molar-refractivity contribution is 6.06. The van der Waals surface area contributed by atoms with Gasteiger partial charge in [0, 0.05) is 38.4 Å². The molecule has 0 aliphatic carbocycles. The van der Waals surface area contributed by atoms with Crippen molar-refractivity contribution in [2.24, 2.45) is 0 Å². The highest BCUT2D eigenvalue weighted by Crippen LogP contribution is 2.23. The van der Waals surface area contributed by atoms with Crippen LogP contribution >= 0.6 is 0 Å². The van der Waals surface area contributed by atoms with Crippen molar-refractivity contribution in [3.63, 3.8) is 0 Å². The third kappa shape index (κ3) is 3.42. The maximum absolute atomic E-state index is 13.0. The van der Waals surface area contributed by atoms with E-state index in [9.17, 15) is 9.90 Å². The van der Waals surface area contributed by atoms with Gasteiger partial charge < -0.3 is 14.5 Å². The van der Waals surface area contributed by atoms with Crippen molar-refractivity contribution < 1.29 is 14.4 Å². The summed E-state index contributed by atoms with van der Waals surface area (Å²) in [6, 6.07) is 1.80. The molecule has 1 saturated heterocycles. The molecule has 1 amide bonds. The van der Waals surface area contributed by atoms with Crippen LogP contribution < -0.4 is 0 Å². The van der Waals surface area contributed by atoms with E-state index < -0.39 is 5.60 Å². The van der Waals surface area contributed by atoms with Crippen LogP contribution in [0.1, 0.15) is 35.6 Å². The first kappa shape index (κ1) is 16.9. The molecule has 1 fully saturated rings. The van der Waals surface area contributed by atoms with Crippen LogP contribution in [0, 0.1) is 13.8 Å². The number of rotatable bonds is 3. The van der Waals surface area contributed by atoms with Crippen LogP contribution in [-0.4, -0.2) is 69.3 Å². The van der Waals surface area contributed by atoms with Crippen LogP contribution in [-0.2, 0) is 0 Å². The van der Waals surface area contributed by atoms with Crippen molar-refractivity contribution in [1.82, 2.24) is 19.9 Å². The summed E-state index contributed by atoms with van der Waals surface area (Å²) < 4.78 is 5.21. The Morgan fingerprint density at radius 2 is 1.96 bits per heavy atom. The zero-order chi connectivity index (χ0) is 17.5. The maximum atomic E-state index is 13.0. The molecule has 7 heteroatoms. The lowest BCUT2D eigenvalue weighted by molar-refractivity contribution is 0.0179. The molecule has 130 valence electrons. The molecule has 3 heterocycles. The molecule has 0 atom stereocenters. The van der Waals surface area contributed by atoms with Crippen molar-refractivity contribution in [3.05, 3.63) is 23.0 Å². The number of piperazine rings is 1. The number of hydrogen-bond acceptors (Lipinski definition) is 6. The second kappa shape index (κ2) is 6.14. The van der Waals surface area contributed by atoms with Crippen LogP contribution in [0.2, 0.25) is 0 Å². The summed E-state index contributed by atoms with van der Waals surface area (Å²) in [5.41, 5.74) is 1.72. The number of carbonyl (C=O) groups excluding carboxylic acids is 1. The molecule has 2 aromatic heterocycles. The molecular formula is C17H24N4O3. The topological polar surface area (TPSA) is 82.7 Å². The quantitative estimate of drug-likeness (QED) is 0.914. The Hall–Kier alpha value is -1.99. The zero-order valence-electron chi connectivity index (χ0n) is 14.7. The van der Waals surface area contributed by atoms with Crippen LogP contribution in [0.5, 0.6) is 0 Å². The first-order chi connectivity index (χ1) is 11.2. The SMILES string of the molecule is Cc1cc(C(=O)N2CCN(CC(C)(C)O)CC2)c2c(C)noc2n1. The number of aryl methyl sites for hydroxylation is 2. The lowest BCUT2D eigenvalue weighted by Crippen LogP contribution is -2.52. The molecule has 0 radical (unpaired) electrons. The summed E-state index contributed by atoms with van der Waals surface area (Å²) >= 11 is 0. The molecular weight excluding hydrogens is 308 g/mol.